The molecule has 0 spiro atoms. The fourth-order valence-electron chi connectivity index (χ4n) is 2.31. The van der Waals surface area contributed by atoms with Crippen molar-refractivity contribution in [1.82, 2.24) is 0 Å². The molecule has 0 aliphatic rings. The SMILES string of the molecule is CCOC(=O)C(N)Cc1cc(C#P=O)cc(-c2ccccc2)c1. The third kappa shape index (κ3) is 4.94. The molecule has 23 heavy (non-hydrogen) atoms. The molecule has 5 heteroatoms. The molecular formula is C18H18NO3P. The van der Waals surface area contributed by atoms with Crippen molar-refractivity contribution >= 4 is 13.9 Å². The zero-order valence-corrected chi connectivity index (χ0v) is 13.8. The number of esters is 1. The number of carbonyl (C=O) groups excluding carboxylic acids is 1. The molecule has 0 saturated carbocycles. The normalized spacial score (nSPS) is 11.4. The van der Waals surface area contributed by atoms with Crippen molar-refractivity contribution < 1.29 is 14.1 Å². The Kier molecular flexibility index (Phi) is 6.37. The Balaban J connectivity index is 2.35. The number of hydrogen-bond donors (Lipinski definition) is 1. The van der Waals surface area contributed by atoms with E-state index >= 15 is 0 Å². The summed E-state index contributed by atoms with van der Waals surface area (Å²) in [5.74, 6) is -0.422. The van der Waals surface area contributed by atoms with E-state index in [0.717, 1.165) is 16.7 Å². The van der Waals surface area contributed by atoms with Gasteiger partial charge in [-0.05, 0) is 0 Å². The van der Waals surface area contributed by atoms with Crippen molar-refractivity contribution in [2.75, 3.05) is 6.61 Å². The Bertz CT molecular complexity index is 784. The summed E-state index contributed by atoms with van der Waals surface area (Å²) in [4.78, 5) is 11.7. The average Bonchev–Trinajstić information content (AvgIpc) is 2.56. The molecule has 1 unspecified atom stereocenters. The van der Waals surface area contributed by atoms with Crippen LogP contribution in [-0.4, -0.2) is 18.6 Å². The molecule has 0 bridgehead atoms. The quantitative estimate of drug-likeness (QED) is 0.675. The average molecular weight is 327 g/mol. The first-order chi connectivity index (χ1) is 11.1. The topological polar surface area (TPSA) is 69.4 Å². The summed E-state index contributed by atoms with van der Waals surface area (Å²) in [5.41, 5.74) is 12.2. The molecule has 2 N–H and O–H groups in total. The molecule has 2 aromatic rings. The molecule has 0 saturated heterocycles. The van der Waals surface area contributed by atoms with Crippen LogP contribution in [0.4, 0.5) is 0 Å². The second-order valence-corrected chi connectivity index (χ2v) is 5.46. The van der Waals surface area contributed by atoms with Crippen LogP contribution in [0.2, 0.25) is 0 Å². The maximum absolute atomic E-state index is 11.7. The zero-order valence-electron chi connectivity index (χ0n) is 12.9. The van der Waals surface area contributed by atoms with Gasteiger partial charge in [0.1, 0.15) is 0 Å². The molecule has 2 aromatic carbocycles. The van der Waals surface area contributed by atoms with E-state index in [2.05, 4.69) is 5.63 Å². The van der Waals surface area contributed by atoms with Crippen molar-refractivity contribution in [1.29, 1.82) is 0 Å². The molecule has 0 heterocycles. The molecule has 0 aromatic heterocycles. The van der Waals surface area contributed by atoms with E-state index in [0.29, 0.717) is 18.6 Å². The summed E-state index contributed by atoms with van der Waals surface area (Å²) < 4.78 is 15.8. The van der Waals surface area contributed by atoms with E-state index in [9.17, 15) is 9.36 Å². The van der Waals surface area contributed by atoms with Crippen LogP contribution in [-0.2, 0) is 20.5 Å². The van der Waals surface area contributed by atoms with E-state index in [1.165, 1.54) is 0 Å². The first-order valence-corrected chi connectivity index (χ1v) is 8.15. The van der Waals surface area contributed by atoms with Gasteiger partial charge in [-0.2, -0.15) is 0 Å². The van der Waals surface area contributed by atoms with Gasteiger partial charge < -0.3 is 0 Å². The summed E-state index contributed by atoms with van der Waals surface area (Å²) in [7, 11) is -0.184. The number of benzene rings is 2. The number of carbonyl (C=O) groups is 1. The van der Waals surface area contributed by atoms with Crippen LogP contribution in [0.1, 0.15) is 18.1 Å². The number of nitrogens with two attached hydrogens (primary N) is 1. The van der Waals surface area contributed by atoms with Gasteiger partial charge in [0.05, 0.1) is 0 Å². The van der Waals surface area contributed by atoms with Crippen molar-refractivity contribution in [2.24, 2.45) is 5.73 Å². The molecule has 1 atom stereocenters. The van der Waals surface area contributed by atoms with E-state index < -0.39 is 12.0 Å². The van der Waals surface area contributed by atoms with E-state index in [1.807, 2.05) is 48.5 Å². The number of ether oxygens (including phenoxy) is 1. The summed E-state index contributed by atoms with van der Waals surface area (Å²) in [6.45, 7) is 2.05. The summed E-state index contributed by atoms with van der Waals surface area (Å²) >= 11 is 0. The molecule has 118 valence electrons. The fraction of sp³-hybridized carbons (Fsp3) is 0.222. The van der Waals surface area contributed by atoms with Gasteiger partial charge in [0.2, 0.25) is 0 Å². The molecule has 0 radical (unpaired) electrons. The van der Waals surface area contributed by atoms with Gasteiger partial charge >= 0.3 is 136 Å². The summed E-state index contributed by atoms with van der Waals surface area (Å²) in [6, 6.07) is 14.8. The van der Waals surface area contributed by atoms with Gasteiger partial charge in [-0.3, -0.25) is 0 Å². The maximum atomic E-state index is 11.7. The van der Waals surface area contributed by atoms with Crippen molar-refractivity contribution in [3.8, 4) is 16.8 Å². The second-order valence-electron chi connectivity index (χ2n) is 5.05. The van der Waals surface area contributed by atoms with Gasteiger partial charge in [-0.1, -0.05) is 0 Å². The number of hydrogen-bond acceptors (Lipinski definition) is 4. The summed E-state index contributed by atoms with van der Waals surface area (Å²) in [5, 5.41) is 0. The molecule has 4 nitrogen and oxygen atoms in total. The van der Waals surface area contributed by atoms with E-state index in [-0.39, 0.29) is 7.92 Å². The second kappa shape index (κ2) is 8.50. The van der Waals surface area contributed by atoms with Crippen molar-refractivity contribution in [2.45, 2.75) is 19.4 Å². The first-order valence-electron chi connectivity index (χ1n) is 7.34. The molecular weight excluding hydrogens is 309 g/mol. The van der Waals surface area contributed by atoms with E-state index in [1.54, 1.807) is 6.92 Å². The van der Waals surface area contributed by atoms with Gasteiger partial charge in [0.15, 0.2) is 0 Å². The summed E-state index contributed by atoms with van der Waals surface area (Å²) in [6.07, 6.45) is 0.351. The van der Waals surface area contributed by atoms with Crippen LogP contribution in [0.5, 0.6) is 0 Å². The molecule has 0 amide bonds. The zero-order chi connectivity index (χ0) is 16.7. The van der Waals surface area contributed by atoms with Gasteiger partial charge in [0.25, 0.3) is 0 Å². The van der Waals surface area contributed by atoms with Crippen LogP contribution in [0, 0.1) is 5.63 Å². The van der Waals surface area contributed by atoms with Crippen molar-refractivity contribution in [3.05, 3.63) is 59.7 Å². The third-order valence-electron chi connectivity index (χ3n) is 3.32. The van der Waals surface area contributed by atoms with Crippen LogP contribution < -0.4 is 5.73 Å². The van der Waals surface area contributed by atoms with Crippen LogP contribution in [0.3, 0.4) is 0 Å². The standard InChI is InChI=1S/C18H18NO3P/c1-2-22-18(20)17(19)11-13-8-14(12-23-21)10-16(9-13)15-6-4-3-5-7-15/h3-10,17H,2,11,19H2,1H3. The Morgan fingerprint density at radius 1 is 1.22 bits per heavy atom. The van der Waals surface area contributed by atoms with Gasteiger partial charge in [-0.25, -0.2) is 0 Å². The number of rotatable bonds is 5. The first kappa shape index (κ1) is 17.2. The van der Waals surface area contributed by atoms with Crippen LogP contribution in [0.25, 0.3) is 11.1 Å². The molecule has 0 aliphatic heterocycles. The Morgan fingerprint density at radius 3 is 2.61 bits per heavy atom. The van der Waals surface area contributed by atoms with Crippen LogP contribution >= 0.6 is 7.92 Å². The molecule has 0 fully saturated rings. The van der Waals surface area contributed by atoms with Gasteiger partial charge in [0, 0.05) is 0 Å². The Morgan fingerprint density at radius 2 is 1.96 bits per heavy atom. The minimum absolute atomic E-state index is 0.184. The predicted octanol–water partition coefficient (Wildman–Crippen LogP) is 3.39. The predicted molar refractivity (Wildman–Crippen MR) is 90.8 cm³/mol. The Labute approximate surface area is 136 Å². The Hall–Kier alpha value is -2.12. The third-order valence-corrected chi connectivity index (χ3v) is 3.67. The molecule has 0 aliphatic carbocycles. The van der Waals surface area contributed by atoms with Gasteiger partial charge in [-0.15, -0.1) is 0 Å². The minimum atomic E-state index is -0.723. The van der Waals surface area contributed by atoms with Crippen LogP contribution in [0.15, 0.2) is 48.5 Å². The fourth-order valence-corrected chi connectivity index (χ4v) is 2.55. The van der Waals surface area contributed by atoms with Crippen molar-refractivity contribution in [3.63, 3.8) is 0 Å². The monoisotopic (exact) mass is 327 g/mol. The molecule has 2 rings (SSSR count). The van der Waals surface area contributed by atoms with E-state index in [4.69, 9.17) is 10.5 Å².